The molecule has 2 aromatic rings. The molecule has 122 valence electrons. The first-order valence-electron chi connectivity index (χ1n) is 6.80. The Morgan fingerprint density at radius 2 is 2.00 bits per heavy atom. The summed E-state index contributed by atoms with van der Waals surface area (Å²) in [6.45, 7) is 0.909. The molecule has 1 atom stereocenters. The van der Waals surface area contributed by atoms with Gasteiger partial charge in [0.15, 0.2) is 0 Å². The maximum Gasteiger partial charge on any atom is 0.293 e. The van der Waals surface area contributed by atoms with E-state index < -0.39 is 6.10 Å². The van der Waals surface area contributed by atoms with Crippen molar-refractivity contribution < 1.29 is 14.3 Å². The maximum absolute atomic E-state index is 11.9. The van der Waals surface area contributed by atoms with Crippen LogP contribution in [0.15, 0.2) is 36.4 Å². The van der Waals surface area contributed by atoms with Crippen LogP contribution in [0.3, 0.4) is 0 Å². The molecule has 0 spiro atoms. The second kappa shape index (κ2) is 8.40. The predicted molar refractivity (Wildman–Crippen MR) is 91.9 cm³/mol. The van der Waals surface area contributed by atoms with Crippen LogP contribution in [0.2, 0.25) is 4.34 Å². The van der Waals surface area contributed by atoms with Crippen molar-refractivity contribution in [2.75, 3.05) is 24.1 Å². The molecule has 4 N–H and O–H groups in total. The SMILES string of the molecule is Nc1ccc(NC[C@H](CNC(=O)c2ccc(Cl)s2)OC=O)cc1. The summed E-state index contributed by atoms with van der Waals surface area (Å²) in [6, 6.07) is 10.5. The minimum absolute atomic E-state index is 0.190. The van der Waals surface area contributed by atoms with Gasteiger partial charge in [-0.3, -0.25) is 9.59 Å². The molecule has 1 aromatic carbocycles. The number of nitrogens with two attached hydrogens (primary N) is 1. The van der Waals surface area contributed by atoms with Gasteiger partial charge in [0.1, 0.15) is 6.10 Å². The van der Waals surface area contributed by atoms with Gasteiger partial charge in [0, 0.05) is 11.4 Å². The molecule has 6 nitrogen and oxygen atoms in total. The van der Waals surface area contributed by atoms with Gasteiger partial charge in [0.25, 0.3) is 12.4 Å². The molecule has 23 heavy (non-hydrogen) atoms. The zero-order chi connectivity index (χ0) is 16.7. The summed E-state index contributed by atoms with van der Waals surface area (Å²) in [5.74, 6) is -0.256. The minimum atomic E-state index is -0.496. The Morgan fingerprint density at radius 1 is 1.26 bits per heavy atom. The van der Waals surface area contributed by atoms with Crippen LogP contribution in [0.25, 0.3) is 0 Å². The lowest BCUT2D eigenvalue weighted by molar-refractivity contribution is -0.132. The summed E-state index contributed by atoms with van der Waals surface area (Å²) in [6.07, 6.45) is -0.496. The van der Waals surface area contributed by atoms with Gasteiger partial charge in [0.2, 0.25) is 0 Å². The number of nitrogens with one attached hydrogen (secondary N) is 2. The number of ether oxygens (including phenoxy) is 1. The van der Waals surface area contributed by atoms with Crippen molar-refractivity contribution in [3.8, 4) is 0 Å². The van der Waals surface area contributed by atoms with E-state index >= 15 is 0 Å². The molecule has 1 heterocycles. The Labute approximate surface area is 142 Å². The Balaban J connectivity index is 1.84. The molecule has 1 amide bonds. The Bertz CT molecular complexity index is 660. The fraction of sp³-hybridized carbons (Fsp3) is 0.200. The van der Waals surface area contributed by atoms with Crippen LogP contribution in [0, 0.1) is 0 Å². The van der Waals surface area contributed by atoms with Crippen molar-refractivity contribution >= 4 is 46.7 Å². The molecule has 0 unspecified atom stereocenters. The normalized spacial score (nSPS) is 11.5. The summed E-state index contributed by atoms with van der Waals surface area (Å²) in [4.78, 5) is 23.0. The highest BCUT2D eigenvalue weighted by molar-refractivity contribution is 7.17. The van der Waals surface area contributed by atoms with E-state index in [1.54, 1.807) is 24.3 Å². The van der Waals surface area contributed by atoms with Gasteiger partial charge in [0.05, 0.1) is 22.3 Å². The number of anilines is 2. The molecule has 2 rings (SSSR count). The summed E-state index contributed by atoms with van der Waals surface area (Å²) < 4.78 is 5.52. The van der Waals surface area contributed by atoms with E-state index in [1.807, 2.05) is 12.1 Å². The molecule has 0 saturated carbocycles. The summed E-state index contributed by atoms with van der Waals surface area (Å²) in [7, 11) is 0. The van der Waals surface area contributed by atoms with Crippen molar-refractivity contribution in [3.05, 3.63) is 45.6 Å². The zero-order valence-corrected chi connectivity index (χ0v) is 13.7. The summed E-state index contributed by atoms with van der Waals surface area (Å²) in [5.41, 5.74) is 7.12. The molecule has 8 heteroatoms. The number of carbonyl (C=O) groups excluding carboxylic acids is 2. The molecule has 0 radical (unpaired) electrons. The number of hydrogen-bond donors (Lipinski definition) is 3. The molecular weight excluding hydrogens is 338 g/mol. The molecular formula is C15H16ClN3O3S. The lowest BCUT2D eigenvalue weighted by Gasteiger charge is -2.17. The predicted octanol–water partition coefficient (Wildman–Crippen LogP) is 2.37. The average Bonchev–Trinajstić information content (AvgIpc) is 2.98. The average molecular weight is 354 g/mol. The number of thiophene rings is 1. The fourth-order valence-corrected chi connectivity index (χ4v) is 2.77. The zero-order valence-electron chi connectivity index (χ0n) is 12.1. The van der Waals surface area contributed by atoms with E-state index in [0.29, 0.717) is 27.9 Å². The van der Waals surface area contributed by atoms with Crippen LogP contribution in [0.1, 0.15) is 9.67 Å². The highest BCUT2D eigenvalue weighted by atomic mass is 35.5. The van der Waals surface area contributed by atoms with Crippen molar-refractivity contribution in [3.63, 3.8) is 0 Å². The Kier molecular flexibility index (Phi) is 6.25. The number of benzene rings is 1. The smallest absolute Gasteiger partial charge is 0.293 e. The third-order valence-corrected chi connectivity index (χ3v) is 4.21. The van der Waals surface area contributed by atoms with Gasteiger partial charge in [-0.2, -0.15) is 0 Å². The van der Waals surface area contributed by atoms with Crippen LogP contribution in [0.4, 0.5) is 11.4 Å². The monoisotopic (exact) mass is 353 g/mol. The van der Waals surface area contributed by atoms with Crippen LogP contribution in [0.5, 0.6) is 0 Å². The van der Waals surface area contributed by atoms with E-state index in [2.05, 4.69) is 10.6 Å². The first-order valence-corrected chi connectivity index (χ1v) is 8.00. The van der Waals surface area contributed by atoms with Gasteiger partial charge in [-0.1, -0.05) is 11.6 Å². The van der Waals surface area contributed by atoms with Crippen molar-refractivity contribution in [2.24, 2.45) is 0 Å². The quantitative estimate of drug-likeness (QED) is 0.500. The third-order valence-electron chi connectivity index (χ3n) is 2.98. The third kappa shape index (κ3) is 5.46. The van der Waals surface area contributed by atoms with E-state index in [-0.39, 0.29) is 12.5 Å². The number of halogens is 1. The van der Waals surface area contributed by atoms with Crippen LogP contribution >= 0.6 is 22.9 Å². The molecule has 0 aliphatic rings. The lowest BCUT2D eigenvalue weighted by atomic mass is 10.2. The van der Waals surface area contributed by atoms with Gasteiger partial charge in [-0.05, 0) is 36.4 Å². The number of hydrogen-bond acceptors (Lipinski definition) is 6. The van der Waals surface area contributed by atoms with Gasteiger partial charge in [-0.25, -0.2) is 0 Å². The molecule has 0 aliphatic heterocycles. The molecule has 0 saturated heterocycles. The fourth-order valence-electron chi connectivity index (χ4n) is 1.81. The van der Waals surface area contributed by atoms with E-state index in [0.717, 1.165) is 5.69 Å². The van der Waals surface area contributed by atoms with Crippen molar-refractivity contribution in [2.45, 2.75) is 6.10 Å². The first kappa shape index (κ1) is 17.1. The largest absolute Gasteiger partial charge is 0.461 e. The van der Waals surface area contributed by atoms with E-state index in [4.69, 9.17) is 22.1 Å². The highest BCUT2D eigenvalue weighted by Crippen LogP contribution is 2.21. The standard InChI is InChI=1S/C15H16ClN3O3S/c16-14-6-5-13(23-14)15(21)19-8-12(22-9-20)7-18-11-3-1-10(17)2-4-11/h1-6,9,12,18H,7-8,17H2,(H,19,21)/t12-/m1/s1. The maximum atomic E-state index is 11.9. The highest BCUT2D eigenvalue weighted by Gasteiger charge is 2.13. The topological polar surface area (TPSA) is 93.5 Å². The minimum Gasteiger partial charge on any atom is -0.461 e. The van der Waals surface area contributed by atoms with Crippen molar-refractivity contribution in [1.29, 1.82) is 0 Å². The lowest BCUT2D eigenvalue weighted by Crippen LogP contribution is -2.37. The number of amides is 1. The molecule has 0 fully saturated rings. The molecule has 1 aromatic heterocycles. The second-order valence-corrected chi connectivity index (χ2v) is 6.39. The van der Waals surface area contributed by atoms with E-state index in [1.165, 1.54) is 11.3 Å². The number of carbonyl (C=O) groups is 2. The van der Waals surface area contributed by atoms with Crippen LogP contribution < -0.4 is 16.4 Å². The number of rotatable bonds is 8. The Morgan fingerprint density at radius 3 is 2.61 bits per heavy atom. The second-order valence-electron chi connectivity index (χ2n) is 4.67. The van der Waals surface area contributed by atoms with Crippen LogP contribution in [-0.4, -0.2) is 31.6 Å². The van der Waals surface area contributed by atoms with Crippen molar-refractivity contribution in [1.82, 2.24) is 5.32 Å². The molecule has 0 aliphatic carbocycles. The van der Waals surface area contributed by atoms with Crippen LogP contribution in [-0.2, 0) is 9.53 Å². The van der Waals surface area contributed by atoms with Gasteiger partial charge in [-0.15, -0.1) is 11.3 Å². The van der Waals surface area contributed by atoms with E-state index in [9.17, 15) is 9.59 Å². The van der Waals surface area contributed by atoms with Gasteiger partial charge >= 0.3 is 0 Å². The molecule has 0 bridgehead atoms. The first-order chi connectivity index (χ1) is 11.1. The summed E-state index contributed by atoms with van der Waals surface area (Å²) in [5, 5.41) is 5.83. The van der Waals surface area contributed by atoms with Gasteiger partial charge < -0.3 is 21.1 Å². The number of nitrogen functional groups attached to an aromatic ring is 1. The summed E-state index contributed by atoms with van der Waals surface area (Å²) >= 11 is 6.98. The Hall–Kier alpha value is -2.25.